The summed E-state index contributed by atoms with van der Waals surface area (Å²) in [6.07, 6.45) is 13.8. The van der Waals surface area contributed by atoms with Gasteiger partial charge in [-0.2, -0.15) is 0 Å². The SMILES string of the molecule is Brc1cnc2nc(-c3ccc(OCCN4CCC(N5CCCCC5)CC4)cc3)[nH]c2c1.OC[C@H]1CCCCN1CCOc1ccc(-c2nc3ncc(Br)cc3[nH]2)cc1. The quantitative estimate of drug-likeness (QED) is 0.110. The number of piperidine rings is 3. The Labute approximate surface area is 357 Å². The van der Waals surface area contributed by atoms with Crippen molar-refractivity contribution >= 4 is 54.2 Å². The fourth-order valence-electron chi connectivity index (χ4n) is 8.37. The van der Waals surface area contributed by atoms with Crippen LogP contribution in [0.25, 0.3) is 45.1 Å². The van der Waals surface area contributed by atoms with Crippen LogP contribution in [0.15, 0.2) is 82.0 Å². The molecule has 0 saturated carbocycles. The van der Waals surface area contributed by atoms with Gasteiger partial charge in [0.1, 0.15) is 36.4 Å². The number of pyridine rings is 2. The number of fused-ring (bicyclic) bond motifs is 2. The Morgan fingerprint density at radius 2 is 1.17 bits per heavy atom. The molecule has 14 heteroatoms. The van der Waals surface area contributed by atoms with Crippen molar-refractivity contribution in [1.82, 2.24) is 44.6 Å². The molecule has 12 nitrogen and oxygen atoms in total. The second kappa shape index (κ2) is 19.9. The molecule has 3 N–H and O–H groups in total. The Morgan fingerprint density at radius 1 is 0.638 bits per heavy atom. The van der Waals surface area contributed by atoms with Gasteiger partial charge in [0.25, 0.3) is 0 Å². The molecule has 2 aromatic carbocycles. The first-order chi connectivity index (χ1) is 28.5. The average molecular weight is 916 g/mol. The maximum Gasteiger partial charge on any atom is 0.178 e. The van der Waals surface area contributed by atoms with Gasteiger partial charge in [-0.1, -0.05) is 12.8 Å². The van der Waals surface area contributed by atoms with E-state index in [0.717, 1.165) is 98.6 Å². The molecule has 0 unspecified atom stereocenters. The number of aromatic amines is 2. The first kappa shape index (κ1) is 40.8. The summed E-state index contributed by atoms with van der Waals surface area (Å²) >= 11 is 6.87. The van der Waals surface area contributed by atoms with Gasteiger partial charge in [-0.25, -0.2) is 19.9 Å². The number of aliphatic hydroxyl groups excluding tert-OH is 1. The molecule has 3 aliphatic rings. The number of H-pyrrole nitrogens is 2. The van der Waals surface area contributed by atoms with E-state index in [2.05, 4.69) is 76.5 Å². The Hall–Kier alpha value is -3.92. The van der Waals surface area contributed by atoms with Crippen LogP contribution in [0.3, 0.4) is 0 Å². The highest BCUT2D eigenvalue weighted by molar-refractivity contribution is 9.10. The van der Waals surface area contributed by atoms with Crippen LogP contribution in [-0.4, -0.2) is 127 Å². The van der Waals surface area contributed by atoms with Gasteiger partial charge in [-0.05, 0) is 164 Å². The third-order valence-electron chi connectivity index (χ3n) is 11.6. The number of likely N-dealkylation sites (tertiary alicyclic amines) is 3. The van der Waals surface area contributed by atoms with Gasteiger partial charge < -0.3 is 29.4 Å². The van der Waals surface area contributed by atoms with Crippen LogP contribution < -0.4 is 9.47 Å². The maximum absolute atomic E-state index is 9.49. The number of imidazole rings is 2. The first-order valence-electron chi connectivity index (χ1n) is 20.8. The predicted octanol–water partition coefficient (Wildman–Crippen LogP) is 8.33. The lowest BCUT2D eigenvalue weighted by atomic mass is 10.00. The van der Waals surface area contributed by atoms with Crippen molar-refractivity contribution in [2.45, 2.75) is 63.5 Å². The molecular formula is C44H53Br2N9O3. The molecule has 0 bridgehead atoms. The summed E-state index contributed by atoms with van der Waals surface area (Å²) in [5.41, 5.74) is 5.28. The van der Waals surface area contributed by atoms with Crippen LogP contribution in [-0.2, 0) is 0 Å². The molecule has 3 saturated heterocycles. The van der Waals surface area contributed by atoms with E-state index in [-0.39, 0.29) is 12.6 Å². The number of aromatic nitrogens is 6. The van der Waals surface area contributed by atoms with Gasteiger partial charge in [0.05, 0.1) is 17.6 Å². The zero-order valence-corrected chi connectivity index (χ0v) is 36.1. The summed E-state index contributed by atoms with van der Waals surface area (Å²) in [5, 5.41) is 9.49. The normalized spacial score (nSPS) is 18.6. The van der Waals surface area contributed by atoms with Crippen LogP contribution >= 0.6 is 31.9 Å². The van der Waals surface area contributed by atoms with Crippen LogP contribution in [0.2, 0.25) is 0 Å². The molecule has 6 aromatic rings. The van der Waals surface area contributed by atoms with Crippen molar-refractivity contribution in [3.05, 3.63) is 82.0 Å². The minimum Gasteiger partial charge on any atom is -0.492 e. The highest BCUT2D eigenvalue weighted by Crippen LogP contribution is 2.26. The van der Waals surface area contributed by atoms with Crippen molar-refractivity contribution in [1.29, 1.82) is 0 Å². The molecule has 3 fully saturated rings. The molecule has 0 amide bonds. The van der Waals surface area contributed by atoms with E-state index in [1.165, 1.54) is 71.1 Å². The van der Waals surface area contributed by atoms with E-state index in [1.807, 2.05) is 60.7 Å². The van der Waals surface area contributed by atoms with Gasteiger partial charge in [-0.3, -0.25) is 9.80 Å². The number of nitrogens with zero attached hydrogens (tertiary/aromatic N) is 7. The fourth-order valence-corrected chi connectivity index (χ4v) is 9.03. The molecule has 0 radical (unpaired) electrons. The van der Waals surface area contributed by atoms with Crippen molar-refractivity contribution in [2.24, 2.45) is 0 Å². The standard InChI is InChI=1S/C24H30BrN5O.C20H23BrN4O2/c25-19-16-22-24(26-17-19)28-23(27-22)18-4-6-21(7-5-18)31-15-14-29-12-8-20(9-13-29)30-10-2-1-3-11-30;21-15-11-18-20(22-12-15)24-19(23-18)14-4-6-17(7-5-14)27-10-9-25-8-2-1-3-16(25)13-26/h4-7,16-17,20H,1-3,8-15H2,(H,26,27,28);4-7,11-12,16,26H,1-3,8-10,13H2,(H,22,23,24)/t;16-/m.1/s1. The molecule has 0 spiro atoms. The average Bonchev–Trinajstić information content (AvgIpc) is 3.89. The van der Waals surface area contributed by atoms with Crippen molar-refractivity contribution in [3.63, 3.8) is 0 Å². The van der Waals surface area contributed by atoms with Crippen LogP contribution in [0.5, 0.6) is 11.5 Å². The van der Waals surface area contributed by atoms with E-state index in [9.17, 15) is 5.11 Å². The Balaban J connectivity index is 0.000000164. The highest BCUT2D eigenvalue weighted by atomic mass is 79.9. The Bertz CT molecular complexity index is 2200. The maximum atomic E-state index is 9.49. The van der Waals surface area contributed by atoms with Gasteiger partial charge in [0.2, 0.25) is 0 Å². The molecule has 3 aliphatic heterocycles. The van der Waals surface area contributed by atoms with E-state index >= 15 is 0 Å². The first-order valence-corrected chi connectivity index (χ1v) is 22.4. The highest BCUT2D eigenvalue weighted by Gasteiger charge is 2.25. The van der Waals surface area contributed by atoms with Crippen LogP contribution in [0, 0.1) is 0 Å². The summed E-state index contributed by atoms with van der Waals surface area (Å²) in [7, 11) is 0. The second-order valence-electron chi connectivity index (χ2n) is 15.5. The summed E-state index contributed by atoms with van der Waals surface area (Å²) < 4.78 is 13.8. The predicted molar refractivity (Wildman–Crippen MR) is 236 cm³/mol. The number of benzene rings is 2. The third-order valence-corrected chi connectivity index (χ3v) is 12.5. The number of aliphatic hydroxyl groups is 1. The monoisotopic (exact) mass is 913 g/mol. The minimum atomic E-state index is 0.234. The minimum absolute atomic E-state index is 0.234. The van der Waals surface area contributed by atoms with Crippen LogP contribution in [0.4, 0.5) is 0 Å². The molecular weight excluding hydrogens is 862 g/mol. The van der Waals surface area contributed by atoms with Gasteiger partial charge in [-0.15, -0.1) is 0 Å². The fraction of sp³-hybridized carbons (Fsp3) is 0.455. The summed E-state index contributed by atoms with van der Waals surface area (Å²) in [6, 6.07) is 21.1. The van der Waals surface area contributed by atoms with E-state index in [0.29, 0.717) is 12.3 Å². The number of nitrogens with one attached hydrogen (secondary N) is 2. The van der Waals surface area contributed by atoms with E-state index in [1.54, 1.807) is 12.4 Å². The number of hydrogen-bond acceptors (Lipinski definition) is 10. The Morgan fingerprint density at radius 3 is 1.72 bits per heavy atom. The lowest BCUT2D eigenvalue weighted by Gasteiger charge is -2.40. The molecule has 306 valence electrons. The lowest BCUT2D eigenvalue weighted by molar-refractivity contribution is 0.0773. The zero-order valence-electron chi connectivity index (χ0n) is 33.0. The largest absolute Gasteiger partial charge is 0.492 e. The van der Waals surface area contributed by atoms with Gasteiger partial charge in [0.15, 0.2) is 11.3 Å². The molecule has 4 aromatic heterocycles. The van der Waals surface area contributed by atoms with Crippen molar-refractivity contribution in [3.8, 4) is 34.3 Å². The van der Waals surface area contributed by atoms with E-state index < -0.39 is 0 Å². The van der Waals surface area contributed by atoms with Crippen molar-refractivity contribution < 1.29 is 14.6 Å². The smallest absolute Gasteiger partial charge is 0.178 e. The summed E-state index contributed by atoms with van der Waals surface area (Å²) in [5.74, 6) is 3.36. The van der Waals surface area contributed by atoms with Crippen LogP contribution in [0.1, 0.15) is 51.4 Å². The van der Waals surface area contributed by atoms with Gasteiger partial charge >= 0.3 is 0 Å². The van der Waals surface area contributed by atoms with E-state index in [4.69, 9.17) is 9.47 Å². The van der Waals surface area contributed by atoms with Crippen molar-refractivity contribution in [2.75, 3.05) is 65.6 Å². The topological polar surface area (TPSA) is 132 Å². The molecule has 1 atom stereocenters. The molecule has 58 heavy (non-hydrogen) atoms. The summed E-state index contributed by atoms with van der Waals surface area (Å²) in [4.78, 5) is 32.0. The number of ether oxygens (including phenoxy) is 2. The second-order valence-corrected chi connectivity index (χ2v) is 17.3. The number of halogens is 2. The lowest BCUT2D eigenvalue weighted by Crippen LogP contribution is -2.47. The molecule has 9 rings (SSSR count). The Kier molecular flexibility index (Phi) is 14.0. The third kappa shape index (κ3) is 10.6. The summed E-state index contributed by atoms with van der Waals surface area (Å²) in [6.45, 7) is 9.49. The molecule has 7 heterocycles. The zero-order chi connectivity index (χ0) is 39.7. The number of hydrogen-bond donors (Lipinski definition) is 3. The number of rotatable bonds is 12. The molecule has 0 aliphatic carbocycles. The van der Waals surface area contributed by atoms with Gasteiger partial charge in [0, 0.05) is 57.6 Å².